The van der Waals surface area contributed by atoms with E-state index in [0.717, 1.165) is 6.07 Å². The lowest BCUT2D eigenvalue weighted by molar-refractivity contribution is 0.0695. The number of hydrogen-bond acceptors (Lipinski definition) is 3. The molecule has 0 aliphatic heterocycles. The van der Waals surface area contributed by atoms with Crippen molar-refractivity contribution in [1.29, 1.82) is 0 Å². The van der Waals surface area contributed by atoms with Gasteiger partial charge in [0.15, 0.2) is 0 Å². The van der Waals surface area contributed by atoms with Crippen LogP contribution in [0.2, 0.25) is 5.02 Å². The number of aromatic nitrogens is 1. The van der Waals surface area contributed by atoms with Gasteiger partial charge in [0, 0.05) is 10.6 Å². The van der Waals surface area contributed by atoms with E-state index < -0.39 is 11.9 Å². The van der Waals surface area contributed by atoms with Crippen molar-refractivity contribution in [3.63, 3.8) is 0 Å². The molecule has 1 aromatic carbocycles. The maximum absolute atomic E-state index is 11.3. The van der Waals surface area contributed by atoms with Gasteiger partial charge in [0.25, 0.3) is 0 Å². The third-order valence-electron chi connectivity index (χ3n) is 2.80. The van der Waals surface area contributed by atoms with Crippen LogP contribution in [0.25, 0.3) is 11.3 Å². The second-order valence-electron chi connectivity index (χ2n) is 4.11. The normalized spacial score (nSPS) is 10.3. The number of aromatic carboxylic acids is 2. The first kappa shape index (κ1) is 14.0. The third kappa shape index (κ3) is 2.48. The van der Waals surface area contributed by atoms with Gasteiger partial charge in [0.05, 0.1) is 22.5 Å². The van der Waals surface area contributed by atoms with Crippen LogP contribution in [0.3, 0.4) is 0 Å². The van der Waals surface area contributed by atoms with Crippen molar-refractivity contribution in [2.75, 3.05) is 0 Å². The highest BCUT2D eigenvalue weighted by Crippen LogP contribution is 2.30. The molecule has 1 heterocycles. The van der Waals surface area contributed by atoms with Gasteiger partial charge in [-0.1, -0.05) is 29.8 Å². The van der Waals surface area contributed by atoms with Gasteiger partial charge >= 0.3 is 11.9 Å². The van der Waals surface area contributed by atoms with Gasteiger partial charge in [-0.05, 0) is 19.1 Å². The molecule has 1 aromatic heterocycles. The molecule has 0 aliphatic carbocycles. The molecular weight excluding hydrogens is 282 g/mol. The van der Waals surface area contributed by atoms with E-state index in [0.29, 0.717) is 10.6 Å². The van der Waals surface area contributed by atoms with Gasteiger partial charge in [-0.25, -0.2) is 9.59 Å². The average molecular weight is 292 g/mol. The number of aryl methyl sites for hydroxylation is 1. The van der Waals surface area contributed by atoms with Gasteiger partial charge in [-0.3, -0.25) is 4.98 Å². The fraction of sp³-hybridized carbons (Fsp3) is 0.0714. The molecule has 0 spiro atoms. The SMILES string of the molecule is Cc1nc(-c2ccccc2Cl)c(C(=O)O)cc1C(=O)O. The van der Waals surface area contributed by atoms with Crippen LogP contribution in [-0.4, -0.2) is 27.1 Å². The predicted molar refractivity (Wildman–Crippen MR) is 73.3 cm³/mol. The average Bonchev–Trinajstić information content (AvgIpc) is 2.38. The summed E-state index contributed by atoms with van der Waals surface area (Å²) >= 11 is 6.04. The number of carboxylic acid groups (broad SMARTS) is 2. The molecule has 0 atom stereocenters. The van der Waals surface area contributed by atoms with Crippen molar-refractivity contribution in [2.45, 2.75) is 6.92 Å². The number of benzene rings is 1. The summed E-state index contributed by atoms with van der Waals surface area (Å²) in [4.78, 5) is 26.5. The summed E-state index contributed by atoms with van der Waals surface area (Å²) in [5.74, 6) is -2.47. The first-order valence-electron chi connectivity index (χ1n) is 5.65. The monoisotopic (exact) mass is 291 g/mol. The Morgan fingerprint density at radius 3 is 2.25 bits per heavy atom. The minimum absolute atomic E-state index is 0.141. The van der Waals surface area contributed by atoms with E-state index in [1.807, 2.05) is 0 Å². The highest BCUT2D eigenvalue weighted by atomic mass is 35.5. The van der Waals surface area contributed by atoms with E-state index >= 15 is 0 Å². The number of carbonyl (C=O) groups is 2. The lowest BCUT2D eigenvalue weighted by Gasteiger charge is -2.10. The van der Waals surface area contributed by atoms with Crippen LogP contribution in [0, 0.1) is 6.92 Å². The Labute approximate surface area is 119 Å². The third-order valence-corrected chi connectivity index (χ3v) is 3.13. The molecule has 0 saturated carbocycles. The molecule has 2 N–H and O–H groups in total. The van der Waals surface area contributed by atoms with Crippen LogP contribution in [-0.2, 0) is 0 Å². The van der Waals surface area contributed by atoms with Gasteiger partial charge in [-0.2, -0.15) is 0 Å². The molecule has 0 unspecified atom stereocenters. The second kappa shape index (κ2) is 5.30. The van der Waals surface area contributed by atoms with Gasteiger partial charge in [0.2, 0.25) is 0 Å². The minimum Gasteiger partial charge on any atom is -0.478 e. The van der Waals surface area contributed by atoms with E-state index in [-0.39, 0.29) is 22.5 Å². The molecule has 0 bridgehead atoms. The lowest BCUT2D eigenvalue weighted by atomic mass is 10.0. The Kier molecular flexibility index (Phi) is 3.72. The van der Waals surface area contributed by atoms with Crippen LogP contribution >= 0.6 is 11.6 Å². The van der Waals surface area contributed by atoms with E-state index in [1.165, 1.54) is 6.92 Å². The second-order valence-corrected chi connectivity index (χ2v) is 4.51. The Balaban J connectivity index is 2.77. The first-order chi connectivity index (χ1) is 9.41. The zero-order valence-corrected chi connectivity index (χ0v) is 11.2. The van der Waals surface area contributed by atoms with Crippen molar-refractivity contribution >= 4 is 23.5 Å². The highest BCUT2D eigenvalue weighted by molar-refractivity contribution is 6.33. The zero-order valence-electron chi connectivity index (χ0n) is 10.4. The smallest absolute Gasteiger partial charge is 0.337 e. The predicted octanol–water partition coefficient (Wildman–Crippen LogP) is 3.11. The zero-order chi connectivity index (χ0) is 14.9. The summed E-state index contributed by atoms with van der Waals surface area (Å²) in [5, 5.41) is 18.6. The molecule has 0 fully saturated rings. The van der Waals surface area contributed by atoms with Gasteiger partial charge in [0.1, 0.15) is 0 Å². The summed E-state index contributed by atoms with van der Waals surface area (Å²) in [6.45, 7) is 1.51. The molecule has 2 rings (SSSR count). The Morgan fingerprint density at radius 1 is 1.10 bits per heavy atom. The highest BCUT2D eigenvalue weighted by Gasteiger charge is 2.20. The number of carboxylic acids is 2. The van der Waals surface area contributed by atoms with E-state index in [4.69, 9.17) is 16.7 Å². The van der Waals surface area contributed by atoms with E-state index in [2.05, 4.69) is 4.98 Å². The molecule has 6 heteroatoms. The Morgan fingerprint density at radius 2 is 1.70 bits per heavy atom. The molecule has 0 amide bonds. The molecular formula is C14H10ClNO4. The van der Waals surface area contributed by atoms with Crippen LogP contribution in [0.5, 0.6) is 0 Å². The number of nitrogens with zero attached hydrogens (tertiary/aromatic N) is 1. The van der Waals surface area contributed by atoms with E-state index in [1.54, 1.807) is 24.3 Å². The number of pyridine rings is 1. The molecule has 2 aromatic rings. The summed E-state index contributed by atoms with van der Waals surface area (Å²) in [6, 6.07) is 7.77. The van der Waals surface area contributed by atoms with Crippen LogP contribution in [0.15, 0.2) is 30.3 Å². The topological polar surface area (TPSA) is 87.5 Å². The van der Waals surface area contributed by atoms with Crippen molar-refractivity contribution < 1.29 is 19.8 Å². The quantitative estimate of drug-likeness (QED) is 0.907. The Hall–Kier alpha value is -2.40. The van der Waals surface area contributed by atoms with Crippen LogP contribution in [0.1, 0.15) is 26.4 Å². The molecule has 20 heavy (non-hydrogen) atoms. The maximum atomic E-state index is 11.3. The fourth-order valence-electron chi connectivity index (χ4n) is 1.84. The summed E-state index contributed by atoms with van der Waals surface area (Å²) in [5.41, 5.74) is 0.508. The largest absolute Gasteiger partial charge is 0.478 e. The Bertz CT molecular complexity index is 712. The molecule has 102 valence electrons. The van der Waals surface area contributed by atoms with Crippen molar-refractivity contribution in [1.82, 2.24) is 4.98 Å². The first-order valence-corrected chi connectivity index (χ1v) is 6.02. The van der Waals surface area contributed by atoms with Crippen molar-refractivity contribution in [2.24, 2.45) is 0 Å². The van der Waals surface area contributed by atoms with Crippen LogP contribution < -0.4 is 0 Å². The van der Waals surface area contributed by atoms with Gasteiger partial charge in [-0.15, -0.1) is 0 Å². The summed E-state index contributed by atoms with van der Waals surface area (Å²) in [7, 11) is 0. The lowest BCUT2D eigenvalue weighted by Crippen LogP contribution is -2.09. The number of hydrogen-bond donors (Lipinski definition) is 2. The van der Waals surface area contributed by atoms with Gasteiger partial charge < -0.3 is 10.2 Å². The molecule has 5 nitrogen and oxygen atoms in total. The number of halogens is 1. The molecule has 0 radical (unpaired) electrons. The maximum Gasteiger partial charge on any atom is 0.337 e. The van der Waals surface area contributed by atoms with Crippen molar-refractivity contribution in [3.8, 4) is 11.3 Å². The minimum atomic E-state index is -1.25. The van der Waals surface area contributed by atoms with Crippen LogP contribution in [0.4, 0.5) is 0 Å². The molecule has 0 aliphatic rings. The summed E-state index contributed by atoms with van der Waals surface area (Å²) < 4.78 is 0. The molecule has 0 saturated heterocycles. The van der Waals surface area contributed by atoms with Crippen molar-refractivity contribution in [3.05, 3.63) is 52.2 Å². The fourth-order valence-corrected chi connectivity index (χ4v) is 2.07. The number of rotatable bonds is 3. The standard InChI is InChI=1S/C14H10ClNO4/c1-7-9(13(17)18)6-10(14(19)20)12(16-7)8-4-2-3-5-11(8)15/h2-6H,1H3,(H,17,18)(H,19,20). The summed E-state index contributed by atoms with van der Waals surface area (Å²) in [6.07, 6.45) is 0. The van der Waals surface area contributed by atoms with E-state index in [9.17, 15) is 14.7 Å².